The van der Waals surface area contributed by atoms with Gasteiger partial charge in [-0.05, 0) is 55.3 Å². The van der Waals surface area contributed by atoms with Gasteiger partial charge in [-0.3, -0.25) is 9.10 Å². The van der Waals surface area contributed by atoms with Gasteiger partial charge in [0.2, 0.25) is 0 Å². The van der Waals surface area contributed by atoms with E-state index in [0.29, 0.717) is 12.1 Å². The van der Waals surface area contributed by atoms with Crippen molar-refractivity contribution in [2.45, 2.75) is 24.3 Å². The summed E-state index contributed by atoms with van der Waals surface area (Å²) in [6.45, 7) is 1.86. The van der Waals surface area contributed by atoms with Crippen LogP contribution in [0, 0.1) is 0 Å². The van der Waals surface area contributed by atoms with Crippen molar-refractivity contribution in [2.75, 3.05) is 16.7 Å². The lowest BCUT2D eigenvalue weighted by Gasteiger charge is -2.24. The van der Waals surface area contributed by atoms with E-state index in [9.17, 15) is 18.0 Å². The first-order valence-electron chi connectivity index (χ1n) is 10.0. The summed E-state index contributed by atoms with van der Waals surface area (Å²) >= 11 is 0. The highest BCUT2D eigenvalue weighted by Crippen LogP contribution is 2.36. The Hall–Kier alpha value is -3.65. The topological polar surface area (TPSA) is 92.8 Å². The number of fused-ring (bicyclic) bond motifs is 1. The van der Waals surface area contributed by atoms with Crippen LogP contribution < -0.4 is 9.62 Å². The predicted molar refractivity (Wildman–Crippen MR) is 121 cm³/mol. The molecular formula is C24H22N2O5S. The maximum atomic E-state index is 13.5. The number of benzene rings is 3. The van der Waals surface area contributed by atoms with Crippen LogP contribution in [0.3, 0.4) is 0 Å². The van der Waals surface area contributed by atoms with Crippen molar-refractivity contribution >= 4 is 33.3 Å². The van der Waals surface area contributed by atoms with Crippen molar-refractivity contribution in [3.05, 3.63) is 89.5 Å². The summed E-state index contributed by atoms with van der Waals surface area (Å²) in [5.74, 6) is -1.12. The average molecular weight is 451 g/mol. The van der Waals surface area contributed by atoms with Gasteiger partial charge in [0.05, 0.1) is 28.9 Å². The lowest BCUT2D eigenvalue weighted by Crippen LogP contribution is -2.35. The number of esters is 1. The molecule has 0 bridgehead atoms. The molecule has 0 aliphatic carbocycles. The van der Waals surface area contributed by atoms with E-state index in [2.05, 4.69) is 5.32 Å². The molecule has 32 heavy (non-hydrogen) atoms. The van der Waals surface area contributed by atoms with Crippen LogP contribution >= 0.6 is 0 Å². The molecule has 0 saturated carbocycles. The normalized spacial score (nSPS) is 15.2. The third kappa shape index (κ3) is 3.85. The van der Waals surface area contributed by atoms with Gasteiger partial charge >= 0.3 is 5.97 Å². The van der Waals surface area contributed by atoms with Crippen LogP contribution in [0.15, 0.2) is 77.7 Å². The second-order valence-electron chi connectivity index (χ2n) is 7.50. The molecule has 1 unspecified atom stereocenters. The highest BCUT2D eigenvalue weighted by atomic mass is 32.2. The third-order valence-corrected chi connectivity index (χ3v) is 7.30. The highest BCUT2D eigenvalue weighted by Gasteiger charge is 2.36. The molecule has 0 fully saturated rings. The molecule has 4 rings (SSSR count). The van der Waals surface area contributed by atoms with E-state index in [1.54, 1.807) is 24.3 Å². The number of hydrogen-bond donors (Lipinski definition) is 1. The van der Waals surface area contributed by atoms with Crippen LogP contribution in [0.25, 0.3) is 0 Å². The molecule has 7 nitrogen and oxygen atoms in total. The Kier molecular flexibility index (Phi) is 5.71. The first-order valence-corrected chi connectivity index (χ1v) is 11.5. The standard InChI is InChI=1S/C24H22N2O5S/c1-16-14-17-8-3-6-13-22(17)26(16)32(29,30)19-10-7-9-18(15-19)23(27)25-21-12-5-4-11-20(21)24(28)31-2/h3-13,15-16H,14H2,1-2H3,(H,25,27). The van der Waals surface area contributed by atoms with Crippen molar-refractivity contribution in [1.82, 2.24) is 0 Å². The predicted octanol–water partition coefficient (Wildman–Crippen LogP) is 3.87. The van der Waals surface area contributed by atoms with Gasteiger partial charge in [-0.25, -0.2) is 13.2 Å². The largest absolute Gasteiger partial charge is 0.465 e. The Bertz CT molecular complexity index is 1300. The smallest absolute Gasteiger partial charge is 0.339 e. The van der Waals surface area contributed by atoms with E-state index in [0.717, 1.165) is 5.56 Å². The Morgan fingerprint density at radius 3 is 2.50 bits per heavy atom. The number of carbonyl (C=O) groups excluding carboxylic acids is 2. The van der Waals surface area contributed by atoms with Crippen molar-refractivity contribution in [1.29, 1.82) is 0 Å². The maximum absolute atomic E-state index is 13.5. The minimum atomic E-state index is -3.88. The number of carbonyl (C=O) groups is 2. The SMILES string of the molecule is COC(=O)c1ccccc1NC(=O)c1cccc(S(=O)(=O)N2c3ccccc3CC2C)c1. The molecule has 1 heterocycles. The van der Waals surface area contributed by atoms with Gasteiger partial charge < -0.3 is 10.1 Å². The van der Waals surface area contributed by atoms with Crippen LogP contribution in [0.1, 0.15) is 33.2 Å². The number of anilines is 2. The number of sulfonamides is 1. The Balaban J connectivity index is 1.65. The Labute approximate surface area is 186 Å². The summed E-state index contributed by atoms with van der Waals surface area (Å²) in [5, 5.41) is 2.67. The molecule has 0 aromatic heterocycles. The quantitative estimate of drug-likeness (QED) is 0.596. The lowest BCUT2D eigenvalue weighted by atomic mass is 10.1. The van der Waals surface area contributed by atoms with Crippen LogP contribution in [0.2, 0.25) is 0 Å². The van der Waals surface area contributed by atoms with Gasteiger partial charge in [0.1, 0.15) is 0 Å². The minimum Gasteiger partial charge on any atom is -0.465 e. The zero-order chi connectivity index (χ0) is 22.9. The summed E-state index contributed by atoms with van der Waals surface area (Å²) in [5.41, 5.74) is 2.26. The van der Waals surface area contributed by atoms with E-state index >= 15 is 0 Å². The summed E-state index contributed by atoms with van der Waals surface area (Å²) in [4.78, 5) is 24.8. The van der Waals surface area contributed by atoms with Gasteiger partial charge in [-0.2, -0.15) is 0 Å². The molecule has 3 aromatic carbocycles. The van der Waals surface area contributed by atoms with Gasteiger partial charge in [0.25, 0.3) is 15.9 Å². The number of para-hydroxylation sites is 2. The molecule has 0 saturated heterocycles. The van der Waals surface area contributed by atoms with Gasteiger partial charge in [0.15, 0.2) is 0 Å². The molecule has 0 spiro atoms. The molecule has 0 radical (unpaired) electrons. The zero-order valence-corrected chi connectivity index (χ0v) is 18.4. The molecule has 1 N–H and O–H groups in total. The lowest BCUT2D eigenvalue weighted by molar-refractivity contribution is 0.0602. The fourth-order valence-electron chi connectivity index (χ4n) is 3.89. The highest BCUT2D eigenvalue weighted by molar-refractivity contribution is 7.92. The number of amides is 1. The van der Waals surface area contributed by atoms with Crippen molar-refractivity contribution in [3.63, 3.8) is 0 Å². The molecule has 164 valence electrons. The number of hydrogen-bond acceptors (Lipinski definition) is 5. The van der Waals surface area contributed by atoms with Crippen LogP contribution in [0.5, 0.6) is 0 Å². The Morgan fingerprint density at radius 2 is 1.72 bits per heavy atom. The molecular weight excluding hydrogens is 428 g/mol. The molecule has 1 amide bonds. The monoisotopic (exact) mass is 450 g/mol. The maximum Gasteiger partial charge on any atom is 0.339 e. The number of nitrogens with one attached hydrogen (secondary N) is 1. The molecule has 3 aromatic rings. The van der Waals surface area contributed by atoms with Crippen LogP contribution in [-0.2, 0) is 21.2 Å². The minimum absolute atomic E-state index is 0.0231. The second-order valence-corrected chi connectivity index (χ2v) is 9.32. The van der Waals surface area contributed by atoms with Crippen molar-refractivity contribution in [3.8, 4) is 0 Å². The Morgan fingerprint density at radius 1 is 1.00 bits per heavy atom. The molecule has 1 aliphatic rings. The van der Waals surface area contributed by atoms with Crippen molar-refractivity contribution < 1.29 is 22.7 Å². The molecule has 8 heteroatoms. The third-order valence-electron chi connectivity index (χ3n) is 5.38. The van der Waals surface area contributed by atoms with Crippen LogP contribution in [-0.4, -0.2) is 33.4 Å². The van der Waals surface area contributed by atoms with E-state index in [1.807, 2.05) is 25.1 Å². The zero-order valence-electron chi connectivity index (χ0n) is 17.6. The summed E-state index contributed by atoms with van der Waals surface area (Å²) in [7, 11) is -2.62. The van der Waals surface area contributed by atoms with E-state index in [4.69, 9.17) is 4.74 Å². The summed E-state index contributed by atoms with van der Waals surface area (Å²) in [6, 6.07) is 19.5. The number of ether oxygens (including phenoxy) is 1. The van der Waals surface area contributed by atoms with Gasteiger partial charge in [0, 0.05) is 11.6 Å². The van der Waals surface area contributed by atoms with Crippen molar-refractivity contribution in [2.24, 2.45) is 0 Å². The molecule has 1 atom stereocenters. The fraction of sp³-hybridized carbons (Fsp3) is 0.167. The molecule has 1 aliphatic heterocycles. The summed E-state index contributed by atoms with van der Waals surface area (Å²) in [6.07, 6.45) is 0.625. The number of rotatable bonds is 5. The van der Waals surface area contributed by atoms with Gasteiger partial charge in [-0.15, -0.1) is 0 Å². The summed E-state index contributed by atoms with van der Waals surface area (Å²) < 4.78 is 33.1. The van der Waals surface area contributed by atoms with E-state index < -0.39 is 21.9 Å². The van der Waals surface area contributed by atoms with Crippen LogP contribution in [0.4, 0.5) is 11.4 Å². The van der Waals surface area contributed by atoms with E-state index in [-0.39, 0.29) is 27.8 Å². The second kappa shape index (κ2) is 8.47. The first-order chi connectivity index (χ1) is 15.3. The number of methoxy groups -OCH3 is 1. The van der Waals surface area contributed by atoms with Gasteiger partial charge in [-0.1, -0.05) is 36.4 Å². The average Bonchev–Trinajstić information content (AvgIpc) is 3.15. The number of nitrogens with zero attached hydrogens (tertiary/aromatic N) is 1. The first kappa shape index (κ1) is 21.6. The van der Waals surface area contributed by atoms with E-state index in [1.165, 1.54) is 41.7 Å². The fourth-order valence-corrected chi connectivity index (χ4v) is 5.63.